The summed E-state index contributed by atoms with van der Waals surface area (Å²) in [7, 11) is 0. The predicted molar refractivity (Wildman–Crippen MR) is 93.8 cm³/mol. The van der Waals surface area contributed by atoms with E-state index in [0.29, 0.717) is 13.0 Å². The molecule has 1 aliphatic rings. The number of nitrogens with one attached hydrogen (secondary N) is 2. The molecule has 1 heterocycles. The Morgan fingerprint density at radius 3 is 2.96 bits per heavy atom. The quantitative estimate of drug-likeness (QED) is 0.708. The molecule has 2 amide bonds. The van der Waals surface area contributed by atoms with Crippen molar-refractivity contribution in [3.05, 3.63) is 42.2 Å². The number of aromatic nitrogens is 2. The number of hydrogen-bond donors (Lipinski definition) is 3. The molecule has 128 valence electrons. The van der Waals surface area contributed by atoms with Gasteiger partial charge in [-0.05, 0) is 25.5 Å². The number of imidazole rings is 1. The van der Waals surface area contributed by atoms with Gasteiger partial charge in [0.1, 0.15) is 5.82 Å². The van der Waals surface area contributed by atoms with Crippen molar-refractivity contribution in [3.8, 4) is 0 Å². The van der Waals surface area contributed by atoms with Gasteiger partial charge in [0.25, 0.3) is 0 Å². The van der Waals surface area contributed by atoms with Crippen LogP contribution in [-0.4, -0.2) is 39.9 Å². The summed E-state index contributed by atoms with van der Waals surface area (Å²) >= 11 is 0. The van der Waals surface area contributed by atoms with Crippen LogP contribution in [0, 0.1) is 5.92 Å². The van der Waals surface area contributed by atoms with Crippen LogP contribution in [-0.2, 0) is 13.0 Å². The highest BCUT2D eigenvalue weighted by Crippen LogP contribution is 2.17. The predicted octanol–water partition coefficient (Wildman–Crippen LogP) is 1.83. The van der Waals surface area contributed by atoms with Gasteiger partial charge in [0.05, 0.1) is 11.0 Å². The first-order valence-corrected chi connectivity index (χ1v) is 8.49. The standard InChI is InChI=1S/C18H24N4O2/c1-2-22-16-6-4-3-5-15(16)21-17(22)9-10-19-18(24)20-14-8-7-13(11-14)12-23/h3-8,13-14,23H,2,9-12H2,1H3,(H2,19,20,24)/t13-,14+/m0/s1. The number of fused-ring (bicyclic) bond motifs is 1. The number of rotatable bonds is 6. The number of benzene rings is 1. The molecule has 1 aromatic carbocycles. The second-order valence-electron chi connectivity index (χ2n) is 6.08. The topological polar surface area (TPSA) is 79.2 Å². The second kappa shape index (κ2) is 7.49. The number of carbonyl (C=O) groups is 1. The van der Waals surface area contributed by atoms with Crippen molar-refractivity contribution in [3.63, 3.8) is 0 Å². The normalized spacial score (nSPS) is 19.8. The Hall–Kier alpha value is -2.34. The molecular formula is C18H24N4O2. The molecule has 0 unspecified atom stereocenters. The fourth-order valence-electron chi connectivity index (χ4n) is 3.19. The molecule has 0 saturated heterocycles. The van der Waals surface area contributed by atoms with Gasteiger partial charge in [-0.1, -0.05) is 24.3 Å². The van der Waals surface area contributed by atoms with Gasteiger partial charge in [-0.3, -0.25) is 0 Å². The Balaban J connectivity index is 1.51. The first kappa shape index (κ1) is 16.5. The number of urea groups is 1. The number of para-hydroxylation sites is 2. The first-order valence-electron chi connectivity index (χ1n) is 8.49. The average Bonchev–Trinajstić information content (AvgIpc) is 3.18. The lowest BCUT2D eigenvalue weighted by molar-refractivity contribution is 0.231. The second-order valence-corrected chi connectivity index (χ2v) is 6.08. The van der Waals surface area contributed by atoms with Gasteiger partial charge in [0, 0.05) is 38.1 Å². The summed E-state index contributed by atoms with van der Waals surface area (Å²) in [5, 5.41) is 14.9. The third-order valence-corrected chi connectivity index (χ3v) is 4.41. The van der Waals surface area contributed by atoms with Gasteiger partial charge in [-0.2, -0.15) is 0 Å². The molecule has 0 bridgehead atoms. The molecule has 6 nitrogen and oxygen atoms in total. The molecule has 1 aromatic heterocycles. The number of aliphatic hydroxyl groups is 1. The van der Waals surface area contributed by atoms with Crippen LogP contribution in [0.2, 0.25) is 0 Å². The molecule has 2 atom stereocenters. The zero-order chi connectivity index (χ0) is 16.9. The molecule has 2 aromatic rings. The minimum Gasteiger partial charge on any atom is -0.396 e. The van der Waals surface area contributed by atoms with Crippen molar-refractivity contribution >= 4 is 17.1 Å². The average molecular weight is 328 g/mol. The fraction of sp³-hybridized carbons (Fsp3) is 0.444. The van der Waals surface area contributed by atoms with Crippen LogP contribution in [0.25, 0.3) is 11.0 Å². The van der Waals surface area contributed by atoms with Crippen molar-refractivity contribution in [2.75, 3.05) is 13.2 Å². The summed E-state index contributed by atoms with van der Waals surface area (Å²) in [6, 6.07) is 7.90. The van der Waals surface area contributed by atoms with Gasteiger partial charge in [0.2, 0.25) is 0 Å². The molecule has 0 radical (unpaired) electrons. The molecule has 0 spiro atoms. The molecule has 1 aliphatic carbocycles. The lowest BCUT2D eigenvalue weighted by Crippen LogP contribution is -2.41. The molecule has 24 heavy (non-hydrogen) atoms. The maximum atomic E-state index is 12.0. The molecule has 6 heteroatoms. The number of hydrogen-bond acceptors (Lipinski definition) is 3. The lowest BCUT2D eigenvalue weighted by atomic mass is 10.1. The maximum Gasteiger partial charge on any atom is 0.315 e. The summed E-state index contributed by atoms with van der Waals surface area (Å²) in [6.45, 7) is 3.62. The number of carbonyl (C=O) groups excluding carboxylic acids is 1. The van der Waals surface area contributed by atoms with Gasteiger partial charge in [-0.15, -0.1) is 0 Å². The summed E-state index contributed by atoms with van der Waals surface area (Å²) in [4.78, 5) is 16.6. The van der Waals surface area contributed by atoms with E-state index in [0.717, 1.165) is 29.8 Å². The van der Waals surface area contributed by atoms with Gasteiger partial charge >= 0.3 is 6.03 Å². The largest absolute Gasteiger partial charge is 0.396 e. The van der Waals surface area contributed by atoms with Crippen molar-refractivity contribution in [2.45, 2.75) is 32.4 Å². The highest BCUT2D eigenvalue weighted by Gasteiger charge is 2.19. The SMILES string of the molecule is CCn1c(CCNC(=O)N[C@@H]2C=C[C@H](CO)C2)nc2ccccc21. The van der Waals surface area contributed by atoms with Gasteiger partial charge < -0.3 is 20.3 Å². The van der Waals surface area contributed by atoms with E-state index in [9.17, 15) is 4.79 Å². The van der Waals surface area contributed by atoms with E-state index >= 15 is 0 Å². The van der Waals surface area contributed by atoms with E-state index in [1.807, 2.05) is 30.4 Å². The van der Waals surface area contributed by atoms with Crippen molar-refractivity contribution < 1.29 is 9.90 Å². The van der Waals surface area contributed by atoms with Gasteiger partial charge in [0.15, 0.2) is 0 Å². The Morgan fingerprint density at radius 1 is 1.38 bits per heavy atom. The van der Waals surface area contributed by atoms with E-state index in [4.69, 9.17) is 5.11 Å². The number of aryl methyl sites for hydroxylation is 1. The van der Waals surface area contributed by atoms with E-state index in [-0.39, 0.29) is 24.6 Å². The molecule has 3 rings (SSSR count). The first-order chi connectivity index (χ1) is 11.7. The van der Waals surface area contributed by atoms with Crippen molar-refractivity contribution in [1.82, 2.24) is 20.2 Å². The number of nitrogens with zero attached hydrogens (tertiary/aromatic N) is 2. The van der Waals surface area contributed by atoms with Crippen LogP contribution in [0.4, 0.5) is 4.79 Å². The summed E-state index contributed by atoms with van der Waals surface area (Å²) in [5.74, 6) is 1.14. The summed E-state index contributed by atoms with van der Waals surface area (Å²) < 4.78 is 2.18. The molecule has 0 aliphatic heterocycles. The summed E-state index contributed by atoms with van der Waals surface area (Å²) in [6.07, 6.45) is 5.34. The van der Waals surface area contributed by atoms with Crippen LogP contribution >= 0.6 is 0 Å². The molecular weight excluding hydrogens is 304 g/mol. The van der Waals surface area contributed by atoms with Crippen LogP contribution < -0.4 is 10.6 Å². The Bertz CT molecular complexity index is 738. The van der Waals surface area contributed by atoms with Gasteiger partial charge in [-0.25, -0.2) is 9.78 Å². The number of amides is 2. The van der Waals surface area contributed by atoms with E-state index in [2.05, 4.69) is 33.2 Å². The minimum absolute atomic E-state index is 0.00219. The fourth-order valence-corrected chi connectivity index (χ4v) is 3.19. The Morgan fingerprint density at radius 2 is 2.21 bits per heavy atom. The zero-order valence-corrected chi connectivity index (χ0v) is 13.9. The number of aliphatic hydroxyl groups excluding tert-OH is 1. The summed E-state index contributed by atoms with van der Waals surface area (Å²) in [5.41, 5.74) is 2.12. The van der Waals surface area contributed by atoms with Crippen LogP contribution in [0.5, 0.6) is 0 Å². The van der Waals surface area contributed by atoms with E-state index in [1.54, 1.807) is 0 Å². The smallest absolute Gasteiger partial charge is 0.315 e. The van der Waals surface area contributed by atoms with Crippen molar-refractivity contribution in [2.24, 2.45) is 5.92 Å². The highest BCUT2D eigenvalue weighted by molar-refractivity contribution is 5.76. The van der Waals surface area contributed by atoms with Crippen molar-refractivity contribution in [1.29, 1.82) is 0 Å². The highest BCUT2D eigenvalue weighted by atomic mass is 16.3. The third-order valence-electron chi connectivity index (χ3n) is 4.41. The zero-order valence-electron chi connectivity index (χ0n) is 13.9. The van der Waals surface area contributed by atoms with E-state index < -0.39 is 0 Å². The minimum atomic E-state index is -0.178. The molecule has 0 fully saturated rings. The monoisotopic (exact) mass is 328 g/mol. The Kier molecular flexibility index (Phi) is 5.15. The third kappa shape index (κ3) is 3.59. The maximum absolute atomic E-state index is 12.0. The molecule has 3 N–H and O–H groups in total. The lowest BCUT2D eigenvalue weighted by Gasteiger charge is -2.13. The Labute approximate surface area is 141 Å². The van der Waals surface area contributed by atoms with E-state index in [1.165, 1.54) is 0 Å². The van der Waals surface area contributed by atoms with Crippen LogP contribution in [0.1, 0.15) is 19.2 Å². The van der Waals surface area contributed by atoms with Crippen LogP contribution in [0.3, 0.4) is 0 Å². The van der Waals surface area contributed by atoms with Crippen LogP contribution in [0.15, 0.2) is 36.4 Å². The molecule has 0 saturated carbocycles.